The molecule has 3 aromatic carbocycles. The molecule has 0 fully saturated rings. The normalized spacial score (nSPS) is 11.2. The molecule has 178 valence electrons. The van der Waals surface area contributed by atoms with Gasteiger partial charge >= 0.3 is 0 Å². The van der Waals surface area contributed by atoms with Gasteiger partial charge in [-0.05, 0) is 48.0 Å². The van der Waals surface area contributed by atoms with Crippen LogP contribution in [0.1, 0.15) is 5.56 Å². The molecule has 1 N–H and O–H groups in total. The Balaban J connectivity index is 1.63. The molecule has 2 heterocycles. The number of methoxy groups -OCH3 is 1. The Labute approximate surface area is 208 Å². The number of nitrogens with zero attached hydrogens (tertiary/aromatic N) is 5. The predicted molar refractivity (Wildman–Crippen MR) is 132 cm³/mol. The summed E-state index contributed by atoms with van der Waals surface area (Å²) in [4.78, 5) is 8.61. The lowest BCUT2D eigenvalue weighted by atomic mass is 9.95. The van der Waals surface area contributed by atoms with Crippen molar-refractivity contribution in [2.24, 2.45) is 0 Å². The Kier molecular flexibility index (Phi) is 6.01. The molecule has 2 aromatic heterocycles. The number of nitrogens with one attached hydrogen (secondary N) is 1. The highest BCUT2D eigenvalue weighted by atomic mass is 32.2. The van der Waals surface area contributed by atoms with Gasteiger partial charge in [0, 0.05) is 16.5 Å². The third-order valence-electron chi connectivity index (χ3n) is 5.35. The van der Waals surface area contributed by atoms with Crippen molar-refractivity contribution >= 4 is 37.4 Å². The van der Waals surface area contributed by atoms with Crippen molar-refractivity contribution in [2.75, 3.05) is 11.8 Å². The smallest absolute Gasteiger partial charge is 0.263 e. The lowest BCUT2D eigenvalue weighted by Gasteiger charge is -2.14. The zero-order chi connectivity index (χ0) is 25.3. The third-order valence-corrected chi connectivity index (χ3v) is 7.42. The minimum absolute atomic E-state index is 0.0130. The molecule has 36 heavy (non-hydrogen) atoms. The van der Waals surface area contributed by atoms with Gasteiger partial charge in [0.25, 0.3) is 10.0 Å². The van der Waals surface area contributed by atoms with E-state index < -0.39 is 15.8 Å². The summed E-state index contributed by atoms with van der Waals surface area (Å²) in [5.74, 6) is -0.0181. The van der Waals surface area contributed by atoms with Crippen LogP contribution in [-0.2, 0) is 10.0 Å². The van der Waals surface area contributed by atoms with Crippen LogP contribution in [-0.4, -0.2) is 35.7 Å². The number of halogens is 1. The van der Waals surface area contributed by atoms with Crippen LogP contribution in [0.2, 0.25) is 0 Å². The topological polar surface area (TPSA) is 131 Å². The number of fused-ring (bicyclic) bond motifs is 1. The number of sulfonamides is 1. The van der Waals surface area contributed by atoms with Crippen LogP contribution in [0.3, 0.4) is 0 Å². The minimum Gasteiger partial charge on any atom is -0.496 e. The molecule has 0 aliphatic carbocycles. The molecule has 0 saturated heterocycles. The Bertz CT molecular complexity index is 1750. The van der Waals surface area contributed by atoms with E-state index in [0.717, 1.165) is 11.3 Å². The zero-order valence-corrected chi connectivity index (χ0v) is 20.1. The van der Waals surface area contributed by atoms with E-state index in [1.54, 1.807) is 30.3 Å². The van der Waals surface area contributed by atoms with Gasteiger partial charge in [-0.2, -0.15) is 5.26 Å². The van der Waals surface area contributed by atoms with Crippen molar-refractivity contribution < 1.29 is 17.5 Å². The molecule has 9 nitrogen and oxygen atoms in total. The highest BCUT2D eigenvalue weighted by molar-refractivity contribution is 7.93. The first-order valence-corrected chi connectivity index (χ1v) is 12.7. The zero-order valence-electron chi connectivity index (χ0n) is 18.5. The number of nitriles is 1. The molecule has 0 aliphatic heterocycles. The Morgan fingerprint density at radius 2 is 1.94 bits per heavy atom. The molecule has 5 aromatic rings. The number of aromatic nitrogens is 4. The molecule has 0 bridgehead atoms. The molecular weight excluding hydrogens is 503 g/mol. The molecule has 0 radical (unpaired) electrons. The maximum Gasteiger partial charge on any atom is 0.263 e. The first-order chi connectivity index (χ1) is 17.4. The summed E-state index contributed by atoms with van der Waals surface area (Å²) >= 11 is 1.06. The number of rotatable bonds is 6. The Hall–Kier alpha value is -4.47. The maximum absolute atomic E-state index is 13.8. The lowest BCUT2D eigenvalue weighted by molar-refractivity contribution is 0.416. The number of benzene rings is 3. The van der Waals surface area contributed by atoms with Crippen LogP contribution < -0.4 is 9.46 Å². The maximum atomic E-state index is 13.8. The first kappa shape index (κ1) is 23.3. The standard InChI is InChI=1S/C24H15FN6O3S2/c1-34-22-10-19(14-3-2-4-16(25)7-14)15(11-26)8-20(22)23-18-6-5-17(9-21(18)27-12-28-23)36(32,33)31-24-30-29-13-35-24/h2-10,12-13H,1H3,(H,30,31). The van der Waals surface area contributed by atoms with Crippen molar-refractivity contribution in [1.29, 1.82) is 5.26 Å². The Morgan fingerprint density at radius 1 is 1.08 bits per heavy atom. The second kappa shape index (κ2) is 9.29. The average molecular weight is 519 g/mol. The number of hydrogen-bond acceptors (Lipinski definition) is 9. The molecule has 0 atom stereocenters. The minimum atomic E-state index is -3.92. The van der Waals surface area contributed by atoms with E-state index >= 15 is 0 Å². The molecule has 0 amide bonds. The van der Waals surface area contributed by atoms with Crippen molar-refractivity contribution in [3.8, 4) is 34.2 Å². The van der Waals surface area contributed by atoms with Gasteiger partial charge in [-0.25, -0.2) is 22.8 Å². The highest BCUT2D eigenvalue weighted by Crippen LogP contribution is 2.38. The summed E-state index contributed by atoms with van der Waals surface area (Å²) in [7, 11) is -2.44. The van der Waals surface area contributed by atoms with Gasteiger partial charge in [-0.3, -0.25) is 4.72 Å². The Morgan fingerprint density at radius 3 is 2.67 bits per heavy atom. The van der Waals surface area contributed by atoms with E-state index in [1.807, 2.05) is 0 Å². The number of ether oxygens (including phenoxy) is 1. The van der Waals surface area contributed by atoms with Crippen LogP contribution >= 0.6 is 11.3 Å². The van der Waals surface area contributed by atoms with Crippen LogP contribution in [0.25, 0.3) is 33.3 Å². The first-order valence-electron chi connectivity index (χ1n) is 10.3. The average Bonchev–Trinajstić information content (AvgIpc) is 3.39. The summed E-state index contributed by atoms with van der Waals surface area (Å²) in [5.41, 5.74) is 4.07. The SMILES string of the molecule is COc1cc(-c2cccc(F)c2)c(C#N)cc1-c1ncnc2cc(S(=O)(=O)Nc3nncs3)ccc12. The third kappa shape index (κ3) is 4.33. The molecule has 0 aliphatic rings. The van der Waals surface area contributed by atoms with E-state index in [4.69, 9.17) is 4.74 Å². The van der Waals surface area contributed by atoms with Crippen LogP contribution in [0.5, 0.6) is 5.75 Å². The largest absolute Gasteiger partial charge is 0.496 e. The fraction of sp³-hybridized carbons (Fsp3) is 0.0417. The van der Waals surface area contributed by atoms with Gasteiger partial charge < -0.3 is 4.74 Å². The summed E-state index contributed by atoms with van der Waals surface area (Å²) in [6.45, 7) is 0. The van der Waals surface area contributed by atoms with Gasteiger partial charge in [0.2, 0.25) is 5.13 Å². The fourth-order valence-corrected chi connectivity index (χ4v) is 5.44. The van der Waals surface area contributed by atoms with Gasteiger partial charge in [-0.15, -0.1) is 10.2 Å². The summed E-state index contributed by atoms with van der Waals surface area (Å²) in [6.07, 6.45) is 1.30. The van der Waals surface area contributed by atoms with Gasteiger partial charge in [0.1, 0.15) is 23.4 Å². The lowest BCUT2D eigenvalue weighted by Crippen LogP contribution is -2.12. The van der Waals surface area contributed by atoms with Crippen molar-refractivity contribution in [3.05, 3.63) is 77.8 Å². The number of hydrogen-bond donors (Lipinski definition) is 1. The second-order valence-corrected chi connectivity index (χ2v) is 9.99. The molecular formula is C24H15FN6O3S2. The second-order valence-electron chi connectivity index (χ2n) is 7.47. The molecule has 0 unspecified atom stereocenters. The van der Waals surface area contributed by atoms with Crippen LogP contribution in [0.4, 0.5) is 9.52 Å². The molecule has 12 heteroatoms. The van der Waals surface area contributed by atoms with E-state index in [9.17, 15) is 18.1 Å². The number of anilines is 1. The van der Waals surface area contributed by atoms with Gasteiger partial charge in [0.05, 0.1) is 34.8 Å². The van der Waals surface area contributed by atoms with Crippen molar-refractivity contribution in [2.45, 2.75) is 4.90 Å². The summed E-state index contributed by atoms with van der Waals surface area (Å²) in [6, 6.07) is 15.8. The van der Waals surface area contributed by atoms with Crippen LogP contribution in [0, 0.1) is 17.1 Å². The summed E-state index contributed by atoms with van der Waals surface area (Å²) in [5, 5.41) is 17.8. The van der Waals surface area contributed by atoms with Crippen LogP contribution in [0.15, 0.2) is 71.3 Å². The van der Waals surface area contributed by atoms with E-state index in [0.29, 0.717) is 44.6 Å². The summed E-state index contributed by atoms with van der Waals surface area (Å²) < 4.78 is 47.4. The van der Waals surface area contributed by atoms with E-state index in [2.05, 4.69) is 31.0 Å². The van der Waals surface area contributed by atoms with Crippen molar-refractivity contribution in [3.63, 3.8) is 0 Å². The predicted octanol–water partition coefficient (Wildman–Crippen LogP) is 4.64. The van der Waals surface area contributed by atoms with Crippen molar-refractivity contribution in [1.82, 2.24) is 20.2 Å². The molecule has 0 saturated carbocycles. The van der Waals surface area contributed by atoms with E-state index in [1.165, 1.54) is 43.2 Å². The fourth-order valence-electron chi connectivity index (χ4n) is 3.73. The van der Waals surface area contributed by atoms with E-state index in [-0.39, 0.29) is 10.0 Å². The highest BCUT2D eigenvalue weighted by Gasteiger charge is 2.20. The molecule has 5 rings (SSSR count). The van der Waals surface area contributed by atoms with Gasteiger partial charge in [0.15, 0.2) is 0 Å². The monoisotopic (exact) mass is 518 g/mol. The molecule has 0 spiro atoms. The van der Waals surface area contributed by atoms with Gasteiger partial charge in [-0.1, -0.05) is 23.5 Å². The quantitative estimate of drug-likeness (QED) is 0.344.